The fraction of sp³-hybridized carbons (Fsp3) is 0.647. The number of nitrogens with zero attached hydrogens (tertiary/aromatic N) is 1. The maximum atomic E-state index is 8.85. The molecule has 0 aromatic heterocycles. The average molecular weight is 261 g/mol. The third kappa shape index (κ3) is 4.63. The van der Waals surface area contributed by atoms with E-state index < -0.39 is 0 Å². The van der Waals surface area contributed by atoms with Crippen LogP contribution < -0.4 is 0 Å². The van der Waals surface area contributed by atoms with Gasteiger partial charge in [0.2, 0.25) is 0 Å². The van der Waals surface area contributed by atoms with Crippen LogP contribution in [0.15, 0.2) is 30.3 Å². The Kier molecular flexibility index (Phi) is 5.87. The molecule has 0 spiro atoms. The summed E-state index contributed by atoms with van der Waals surface area (Å²) in [4.78, 5) is 2.59. The zero-order valence-corrected chi connectivity index (χ0v) is 12.1. The summed E-state index contributed by atoms with van der Waals surface area (Å²) in [6.45, 7) is 5.07. The van der Waals surface area contributed by atoms with Crippen molar-refractivity contribution in [1.82, 2.24) is 4.90 Å². The lowest BCUT2D eigenvalue weighted by molar-refractivity contribution is 0.118. The van der Waals surface area contributed by atoms with E-state index in [-0.39, 0.29) is 0 Å². The summed E-state index contributed by atoms with van der Waals surface area (Å²) >= 11 is 0. The van der Waals surface area contributed by atoms with E-state index in [4.69, 9.17) is 5.11 Å². The Morgan fingerprint density at radius 2 is 2.00 bits per heavy atom. The first-order valence-electron chi connectivity index (χ1n) is 7.68. The Labute approximate surface area is 117 Å². The molecule has 0 amide bonds. The summed E-state index contributed by atoms with van der Waals surface area (Å²) < 4.78 is 0. The molecule has 1 aromatic carbocycles. The molecule has 0 aliphatic carbocycles. The van der Waals surface area contributed by atoms with E-state index in [2.05, 4.69) is 42.2 Å². The molecule has 0 saturated carbocycles. The fourth-order valence-corrected chi connectivity index (χ4v) is 3.21. The zero-order chi connectivity index (χ0) is 13.5. The first kappa shape index (κ1) is 14.5. The molecular weight excluding hydrogens is 234 g/mol. The predicted octanol–water partition coefficient (Wildman–Crippen LogP) is 3.10. The first-order chi connectivity index (χ1) is 9.29. The molecule has 1 saturated heterocycles. The topological polar surface area (TPSA) is 23.5 Å². The van der Waals surface area contributed by atoms with Crippen LogP contribution in [0, 0.1) is 5.92 Å². The predicted molar refractivity (Wildman–Crippen MR) is 80.2 cm³/mol. The fourth-order valence-electron chi connectivity index (χ4n) is 3.21. The maximum Gasteiger partial charge on any atom is 0.0431 e. The second-order valence-electron chi connectivity index (χ2n) is 5.90. The number of rotatable bonds is 6. The Hall–Kier alpha value is -0.860. The van der Waals surface area contributed by atoms with Crippen molar-refractivity contribution in [3.63, 3.8) is 0 Å². The second-order valence-corrected chi connectivity index (χ2v) is 5.90. The van der Waals surface area contributed by atoms with Crippen LogP contribution in [-0.2, 0) is 6.42 Å². The van der Waals surface area contributed by atoms with Gasteiger partial charge in [0.1, 0.15) is 0 Å². The number of hydrogen-bond donors (Lipinski definition) is 1. The number of benzene rings is 1. The third-order valence-corrected chi connectivity index (χ3v) is 4.34. The molecule has 1 N–H and O–H groups in total. The summed E-state index contributed by atoms with van der Waals surface area (Å²) in [5, 5.41) is 8.85. The van der Waals surface area contributed by atoms with Crippen molar-refractivity contribution in [2.75, 3.05) is 19.7 Å². The van der Waals surface area contributed by atoms with Gasteiger partial charge in [-0.15, -0.1) is 0 Å². The molecule has 1 heterocycles. The number of aliphatic hydroxyl groups excluding tert-OH is 1. The number of unbranched alkanes of at least 4 members (excludes halogenated alkanes) is 1. The van der Waals surface area contributed by atoms with Gasteiger partial charge in [-0.05, 0) is 63.6 Å². The van der Waals surface area contributed by atoms with Gasteiger partial charge in [-0.25, -0.2) is 0 Å². The minimum Gasteiger partial charge on any atom is -0.396 e. The van der Waals surface area contributed by atoms with Crippen molar-refractivity contribution >= 4 is 0 Å². The van der Waals surface area contributed by atoms with E-state index in [0.29, 0.717) is 12.6 Å². The van der Waals surface area contributed by atoms with E-state index in [0.717, 1.165) is 25.3 Å². The number of aliphatic hydroxyl groups is 1. The van der Waals surface area contributed by atoms with Crippen molar-refractivity contribution in [2.24, 2.45) is 5.92 Å². The lowest BCUT2D eigenvalue weighted by Crippen LogP contribution is -2.41. The highest BCUT2D eigenvalue weighted by molar-refractivity contribution is 5.15. The Bertz CT molecular complexity index is 352. The monoisotopic (exact) mass is 261 g/mol. The molecule has 2 unspecified atom stereocenters. The van der Waals surface area contributed by atoms with Crippen molar-refractivity contribution in [1.29, 1.82) is 0 Å². The quantitative estimate of drug-likeness (QED) is 0.795. The van der Waals surface area contributed by atoms with Gasteiger partial charge >= 0.3 is 0 Å². The summed E-state index contributed by atoms with van der Waals surface area (Å²) in [6, 6.07) is 11.6. The van der Waals surface area contributed by atoms with Crippen LogP contribution in [-0.4, -0.2) is 35.7 Å². The molecule has 106 valence electrons. The minimum absolute atomic E-state index is 0.332. The van der Waals surface area contributed by atoms with Gasteiger partial charge in [-0.1, -0.05) is 30.3 Å². The van der Waals surface area contributed by atoms with Crippen LogP contribution in [0.4, 0.5) is 0 Å². The molecule has 2 heteroatoms. The second kappa shape index (κ2) is 7.66. The van der Waals surface area contributed by atoms with E-state index in [1.165, 1.54) is 31.4 Å². The summed E-state index contributed by atoms with van der Waals surface area (Å²) in [6.07, 6.45) is 5.93. The third-order valence-electron chi connectivity index (χ3n) is 4.34. The van der Waals surface area contributed by atoms with Gasteiger partial charge in [0.25, 0.3) is 0 Å². The van der Waals surface area contributed by atoms with Crippen LogP contribution in [0.25, 0.3) is 0 Å². The largest absolute Gasteiger partial charge is 0.396 e. The molecule has 0 bridgehead atoms. The molecule has 1 aliphatic rings. The Morgan fingerprint density at radius 1 is 1.21 bits per heavy atom. The summed E-state index contributed by atoms with van der Waals surface area (Å²) in [7, 11) is 0. The number of likely N-dealkylation sites (tertiary alicyclic amines) is 1. The van der Waals surface area contributed by atoms with Crippen molar-refractivity contribution in [3.05, 3.63) is 35.9 Å². The van der Waals surface area contributed by atoms with E-state index >= 15 is 0 Å². The average Bonchev–Trinajstić information content (AvgIpc) is 2.43. The SMILES string of the molecule is CC1CC(Cc2ccccc2)CCN1CCCCO. The molecule has 0 radical (unpaired) electrons. The Morgan fingerprint density at radius 3 is 2.68 bits per heavy atom. The molecular formula is C17H27NO. The van der Waals surface area contributed by atoms with Gasteiger partial charge < -0.3 is 10.0 Å². The minimum atomic E-state index is 0.332. The van der Waals surface area contributed by atoms with Gasteiger partial charge in [0.15, 0.2) is 0 Å². The molecule has 2 nitrogen and oxygen atoms in total. The van der Waals surface area contributed by atoms with Gasteiger partial charge in [-0.3, -0.25) is 0 Å². The highest BCUT2D eigenvalue weighted by Crippen LogP contribution is 2.26. The van der Waals surface area contributed by atoms with E-state index in [9.17, 15) is 0 Å². The van der Waals surface area contributed by atoms with Crippen LogP contribution in [0.3, 0.4) is 0 Å². The maximum absolute atomic E-state index is 8.85. The molecule has 2 atom stereocenters. The Balaban J connectivity index is 1.76. The molecule has 1 fully saturated rings. The lowest BCUT2D eigenvalue weighted by Gasteiger charge is -2.37. The molecule has 1 aliphatic heterocycles. The zero-order valence-electron chi connectivity index (χ0n) is 12.1. The molecule has 1 aromatic rings. The van der Waals surface area contributed by atoms with Crippen molar-refractivity contribution < 1.29 is 5.11 Å². The van der Waals surface area contributed by atoms with Gasteiger partial charge in [0, 0.05) is 12.6 Å². The van der Waals surface area contributed by atoms with Crippen molar-refractivity contribution in [2.45, 2.75) is 45.1 Å². The van der Waals surface area contributed by atoms with Crippen LogP contribution in [0.2, 0.25) is 0 Å². The van der Waals surface area contributed by atoms with Crippen molar-refractivity contribution in [3.8, 4) is 0 Å². The first-order valence-corrected chi connectivity index (χ1v) is 7.68. The summed E-state index contributed by atoms with van der Waals surface area (Å²) in [5.41, 5.74) is 1.48. The van der Waals surface area contributed by atoms with Crippen LogP contribution in [0.1, 0.15) is 38.2 Å². The lowest BCUT2D eigenvalue weighted by atomic mass is 9.86. The normalized spacial score (nSPS) is 24.5. The standard InChI is InChI=1S/C17H27NO/c1-15-13-17(14-16-7-3-2-4-8-16)9-11-18(15)10-5-6-12-19/h2-4,7-8,15,17,19H,5-6,9-14H2,1H3. The molecule has 19 heavy (non-hydrogen) atoms. The summed E-state index contributed by atoms with van der Waals surface area (Å²) in [5.74, 6) is 0.839. The highest BCUT2D eigenvalue weighted by Gasteiger charge is 2.24. The van der Waals surface area contributed by atoms with Gasteiger partial charge in [-0.2, -0.15) is 0 Å². The van der Waals surface area contributed by atoms with Gasteiger partial charge in [0.05, 0.1) is 0 Å². The number of piperidine rings is 1. The van der Waals surface area contributed by atoms with E-state index in [1.807, 2.05) is 0 Å². The highest BCUT2D eigenvalue weighted by atomic mass is 16.2. The smallest absolute Gasteiger partial charge is 0.0431 e. The van der Waals surface area contributed by atoms with Crippen LogP contribution >= 0.6 is 0 Å². The van der Waals surface area contributed by atoms with Crippen LogP contribution in [0.5, 0.6) is 0 Å². The number of hydrogen-bond acceptors (Lipinski definition) is 2. The molecule has 2 rings (SSSR count). The van der Waals surface area contributed by atoms with E-state index in [1.54, 1.807) is 0 Å².